The number of hydrogen-bond acceptors (Lipinski definition) is 2. The first-order chi connectivity index (χ1) is 7.63. The van der Waals surface area contributed by atoms with E-state index in [9.17, 15) is 4.39 Å². The molecular weight excluding hydrogens is 273 g/mol. The van der Waals surface area contributed by atoms with Crippen LogP contribution in [0.3, 0.4) is 0 Å². The van der Waals surface area contributed by atoms with Crippen LogP contribution in [0.15, 0.2) is 29.0 Å². The van der Waals surface area contributed by atoms with Crippen LogP contribution < -0.4 is 0 Å². The largest absolute Gasteiger partial charge is 0.325 e. The highest BCUT2D eigenvalue weighted by Gasteiger charge is 2.14. The summed E-state index contributed by atoms with van der Waals surface area (Å²) in [6.07, 6.45) is 1.49. The van der Waals surface area contributed by atoms with Gasteiger partial charge in [-0.2, -0.15) is 5.26 Å². The molecule has 0 aliphatic rings. The molecule has 0 atom stereocenters. The first kappa shape index (κ1) is 10.8. The van der Waals surface area contributed by atoms with E-state index in [4.69, 9.17) is 5.26 Å². The van der Waals surface area contributed by atoms with Gasteiger partial charge in [-0.3, -0.25) is 0 Å². The third kappa shape index (κ3) is 1.72. The fraction of sp³-hybridized carbons (Fsp3) is 0.0909. The normalized spacial score (nSPS) is 10.1. The van der Waals surface area contributed by atoms with E-state index >= 15 is 0 Å². The predicted octanol–water partition coefficient (Wildman–Crippen LogP) is 2.86. The molecule has 80 valence electrons. The van der Waals surface area contributed by atoms with Gasteiger partial charge in [-0.05, 0) is 18.2 Å². The van der Waals surface area contributed by atoms with Crippen molar-refractivity contribution in [1.82, 2.24) is 9.55 Å². The average Bonchev–Trinajstić information content (AvgIpc) is 2.63. The maximum absolute atomic E-state index is 13.6. The lowest BCUT2D eigenvalue weighted by molar-refractivity contribution is 0.630. The van der Waals surface area contributed by atoms with E-state index in [-0.39, 0.29) is 0 Å². The Hall–Kier alpha value is -1.67. The molecular formula is C11H7BrFN3. The van der Waals surface area contributed by atoms with Gasteiger partial charge in [0.1, 0.15) is 23.3 Å². The molecule has 0 unspecified atom stereocenters. The van der Waals surface area contributed by atoms with Gasteiger partial charge in [0.15, 0.2) is 0 Å². The zero-order chi connectivity index (χ0) is 11.7. The Kier molecular flexibility index (Phi) is 2.75. The summed E-state index contributed by atoms with van der Waals surface area (Å²) in [7, 11) is 1.70. The fourth-order valence-electron chi connectivity index (χ4n) is 1.44. The quantitative estimate of drug-likeness (QED) is 0.806. The van der Waals surface area contributed by atoms with E-state index in [0.717, 1.165) is 4.47 Å². The van der Waals surface area contributed by atoms with Gasteiger partial charge in [-0.15, -0.1) is 0 Å². The Labute approximate surface area is 100 Å². The van der Waals surface area contributed by atoms with E-state index in [1.165, 1.54) is 12.4 Å². The van der Waals surface area contributed by atoms with Crippen molar-refractivity contribution in [2.24, 2.45) is 7.05 Å². The molecule has 0 N–H and O–H groups in total. The second kappa shape index (κ2) is 4.06. The number of imidazole rings is 1. The van der Waals surface area contributed by atoms with E-state index in [1.807, 2.05) is 6.07 Å². The lowest BCUT2D eigenvalue weighted by Gasteiger charge is -2.01. The third-order valence-corrected chi connectivity index (χ3v) is 2.72. The van der Waals surface area contributed by atoms with Crippen LogP contribution >= 0.6 is 15.9 Å². The van der Waals surface area contributed by atoms with Crippen LogP contribution in [-0.2, 0) is 7.05 Å². The summed E-state index contributed by atoms with van der Waals surface area (Å²) in [6.45, 7) is 0. The average molecular weight is 280 g/mol. The summed E-state index contributed by atoms with van der Waals surface area (Å²) in [5.41, 5.74) is 1.03. The van der Waals surface area contributed by atoms with Crippen molar-refractivity contribution in [3.63, 3.8) is 0 Å². The van der Waals surface area contributed by atoms with Gasteiger partial charge in [0.25, 0.3) is 0 Å². The lowest BCUT2D eigenvalue weighted by atomic mass is 10.1. The molecule has 16 heavy (non-hydrogen) atoms. The first-order valence-corrected chi connectivity index (χ1v) is 5.29. The molecule has 2 rings (SSSR count). The molecule has 0 amide bonds. The minimum Gasteiger partial charge on any atom is -0.325 e. The van der Waals surface area contributed by atoms with Gasteiger partial charge in [0.2, 0.25) is 0 Å². The number of aryl methyl sites for hydroxylation is 1. The Bertz CT molecular complexity index is 583. The van der Waals surface area contributed by atoms with Crippen molar-refractivity contribution >= 4 is 15.9 Å². The molecule has 1 aromatic carbocycles. The number of nitrogens with zero attached hydrogens (tertiary/aromatic N) is 3. The summed E-state index contributed by atoms with van der Waals surface area (Å²) in [5, 5.41) is 8.96. The van der Waals surface area contributed by atoms with Gasteiger partial charge >= 0.3 is 0 Å². The number of nitriles is 1. The summed E-state index contributed by atoms with van der Waals surface area (Å²) < 4.78 is 15.9. The smallest absolute Gasteiger partial charge is 0.147 e. The molecule has 0 bridgehead atoms. The lowest BCUT2D eigenvalue weighted by Crippen LogP contribution is -1.92. The maximum Gasteiger partial charge on any atom is 0.147 e. The van der Waals surface area contributed by atoms with E-state index < -0.39 is 5.82 Å². The SMILES string of the molecule is Cn1cnc(-c2cc(Br)ccc2F)c1C#N. The molecule has 1 aromatic heterocycles. The molecule has 1 heterocycles. The van der Waals surface area contributed by atoms with Crippen LogP contribution in [-0.4, -0.2) is 9.55 Å². The van der Waals surface area contributed by atoms with Crippen LogP contribution in [0, 0.1) is 17.1 Å². The summed E-state index contributed by atoms with van der Waals surface area (Å²) in [4.78, 5) is 4.04. The number of benzene rings is 1. The first-order valence-electron chi connectivity index (χ1n) is 4.50. The van der Waals surface area contributed by atoms with Crippen molar-refractivity contribution in [2.45, 2.75) is 0 Å². The Morgan fingerprint density at radius 2 is 2.25 bits per heavy atom. The van der Waals surface area contributed by atoms with E-state index in [2.05, 4.69) is 20.9 Å². The highest BCUT2D eigenvalue weighted by Crippen LogP contribution is 2.27. The monoisotopic (exact) mass is 279 g/mol. The third-order valence-electron chi connectivity index (χ3n) is 2.23. The molecule has 0 saturated carbocycles. The second-order valence-corrected chi connectivity index (χ2v) is 4.20. The predicted molar refractivity (Wildman–Crippen MR) is 61.0 cm³/mol. The molecule has 0 aliphatic carbocycles. The standard InChI is InChI=1S/C11H7BrFN3/c1-16-6-15-11(10(16)5-14)8-4-7(12)2-3-9(8)13/h2-4,6H,1H3. The highest BCUT2D eigenvalue weighted by molar-refractivity contribution is 9.10. The van der Waals surface area contributed by atoms with Crippen LogP contribution in [0.2, 0.25) is 0 Å². The Morgan fingerprint density at radius 1 is 1.50 bits per heavy atom. The second-order valence-electron chi connectivity index (χ2n) is 3.29. The minimum absolute atomic E-state index is 0.325. The van der Waals surface area contributed by atoms with Crippen molar-refractivity contribution in [3.05, 3.63) is 40.5 Å². The minimum atomic E-state index is -0.390. The Balaban J connectivity index is 2.68. The van der Waals surface area contributed by atoms with Crippen LogP contribution in [0.4, 0.5) is 4.39 Å². The van der Waals surface area contributed by atoms with Crippen molar-refractivity contribution < 1.29 is 4.39 Å². The van der Waals surface area contributed by atoms with Gasteiger partial charge in [-0.25, -0.2) is 9.37 Å². The summed E-state index contributed by atoms with van der Waals surface area (Å²) >= 11 is 3.26. The molecule has 0 fully saturated rings. The molecule has 2 aromatic rings. The fourth-order valence-corrected chi connectivity index (χ4v) is 1.80. The van der Waals surface area contributed by atoms with Gasteiger partial charge < -0.3 is 4.57 Å². The zero-order valence-corrected chi connectivity index (χ0v) is 9.99. The summed E-state index contributed by atoms with van der Waals surface area (Å²) in [6, 6.07) is 6.56. The summed E-state index contributed by atoms with van der Waals surface area (Å²) in [5.74, 6) is -0.390. The number of rotatable bonds is 1. The molecule has 3 nitrogen and oxygen atoms in total. The number of aromatic nitrogens is 2. The number of hydrogen-bond donors (Lipinski definition) is 0. The van der Waals surface area contributed by atoms with Crippen LogP contribution in [0.5, 0.6) is 0 Å². The topological polar surface area (TPSA) is 41.6 Å². The Morgan fingerprint density at radius 3 is 2.94 bits per heavy atom. The van der Waals surface area contributed by atoms with Crippen molar-refractivity contribution in [1.29, 1.82) is 5.26 Å². The highest BCUT2D eigenvalue weighted by atomic mass is 79.9. The molecule has 0 radical (unpaired) electrons. The van der Waals surface area contributed by atoms with Crippen molar-refractivity contribution in [3.8, 4) is 17.3 Å². The van der Waals surface area contributed by atoms with Crippen molar-refractivity contribution in [2.75, 3.05) is 0 Å². The molecule has 0 aliphatic heterocycles. The zero-order valence-electron chi connectivity index (χ0n) is 8.41. The molecule has 0 saturated heterocycles. The maximum atomic E-state index is 13.6. The number of halogens is 2. The van der Waals surface area contributed by atoms with Gasteiger partial charge in [0.05, 0.1) is 6.33 Å². The van der Waals surface area contributed by atoms with Gasteiger partial charge in [0, 0.05) is 17.1 Å². The van der Waals surface area contributed by atoms with Gasteiger partial charge in [-0.1, -0.05) is 15.9 Å². The molecule has 5 heteroatoms. The van der Waals surface area contributed by atoms with E-state index in [1.54, 1.807) is 23.7 Å². The van der Waals surface area contributed by atoms with Crippen LogP contribution in [0.25, 0.3) is 11.3 Å². The molecule has 0 spiro atoms. The van der Waals surface area contributed by atoms with Crippen LogP contribution in [0.1, 0.15) is 5.69 Å². The van der Waals surface area contributed by atoms with E-state index in [0.29, 0.717) is 17.0 Å².